The third-order valence-electron chi connectivity index (χ3n) is 8.05. The lowest BCUT2D eigenvalue weighted by atomic mass is 9.62. The van der Waals surface area contributed by atoms with Gasteiger partial charge in [0.05, 0.1) is 39.3 Å². The molecule has 0 unspecified atom stereocenters. The van der Waals surface area contributed by atoms with Gasteiger partial charge in [-0.05, 0) is 46.5 Å². The van der Waals surface area contributed by atoms with E-state index >= 15 is 0 Å². The molecule has 0 spiro atoms. The zero-order valence-corrected chi connectivity index (χ0v) is 22.6. The first-order chi connectivity index (χ1) is 20.8. The third-order valence-corrected chi connectivity index (χ3v) is 8.05. The highest BCUT2D eigenvalue weighted by Crippen LogP contribution is 2.58. The van der Waals surface area contributed by atoms with Gasteiger partial charge < -0.3 is 4.90 Å². The molecule has 196 valence electrons. The Morgan fingerprint density at radius 1 is 0.548 bits per heavy atom. The molecule has 7 rings (SSSR count). The monoisotopic (exact) mass is 536 g/mol. The van der Waals surface area contributed by atoms with E-state index in [2.05, 4.69) is 137 Å². The molecule has 4 nitrogen and oxygen atoms in total. The van der Waals surface area contributed by atoms with E-state index < -0.39 is 5.41 Å². The predicted molar refractivity (Wildman–Crippen MR) is 166 cm³/mol. The Bertz CT molecular complexity index is 1930. The van der Waals surface area contributed by atoms with Gasteiger partial charge in [0.25, 0.3) is 0 Å². The summed E-state index contributed by atoms with van der Waals surface area (Å²) < 4.78 is 0. The van der Waals surface area contributed by atoms with Crippen molar-refractivity contribution >= 4 is 17.1 Å². The van der Waals surface area contributed by atoms with Crippen LogP contribution >= 0.6 is 0 Å². The first-order valence-corrected chi connectivity index (χ1v) is 13.8. The van der Waals surface area contributed by atoms with Crippen LogP contribution in [-0.4, -0.2) is 4.98 Å². The maximum Gasteiger partial charge on any atom is 0.101 e. The molecule has 6 aromatic rings. The Morgan fingerprint density at radius 3 is 1.60 bits per heavy atom. The molecular weight excluding hydrogens is 512 g/mol. The molecule has 0 radical (unpaired) electrons. The number of nitriles is 2. The minimum Gasteiger partial charge on any atom is -0.309 e. The van der Waals surface area contributed by atoms with Gasteiger partial charge in [-0.3, -0.25) is 4.98 Å². The Balaban J connectivity index is 1.57. The average molecular weight is 537 g/mol. The molecule has 0 fully saturated rings. The summed E-state index contributed by atoms with van der Waals surface area (Å²) in [6.07, 6.45) is 1.53. The highest BCUT2D eigenvalue weighted by molar-refractivity contribution is 5.94. The molecular formula is C38H24N4. The minimum atomic E-state index is -0.564. The van der Waals surface area contributed by atoms with Crippen molar-refractivity contribution in [3.05, 3.63) is 179 Å². The van der Waals surface area contributed by atoms with Crippen LogP contribution < -0.4 is 4.90 Å². The van der Waals surface area contributed by atoms with Crippen LogP contribution in [0.2, 0.25) is 0 Å². The standard InChI is InChI=1S/C38H24N4/c39-24-27-23-28(25-40)37(41-26-27)31-17-7-10-20-34(31)42-35-21-11-8-18-32(35)38(29-13-3-1-4-14-29,30-15-5-2-6-16-30)33-19-9-12-22-36(33)42/h1-23,26H. The first-order valence-electron chi connectivity index (χ1n) is 13.8. The van der Waals surface area contributed by atoms with Crippen molar-refractivity contribution in [2.45, 2.75) is 5.41 Å². The lowest BCUT2D eigenvalue weighted by Gasteiger charge is -2.46. The molecule has 0 saturated heterocycles. The summed E-state index contributed by atoms with van der Waals surface area (Å²) in [5, 5.41) is 19.4. The van der Waals surface area contributed by atoms with Gasteiger partial charge in [0.15, 0.2) is 0 Å². The van der Waals surface area contributed by atoms with E-state index in [1.807, 2.05) is 18.2 Å². The van der Waals surface area contributed by atoms with Gasteiger partial charge in [0.2, 0.25) is 0 Å². The molecule has 1 aromatic heterocycles. The molecule has 1 aliphatic heterocycles. The van der Waals surface area contributed by atoms with Crippen LogP contribution in [0, 0.1) is 22.7 Å². The Kier molecular flexibility index (Phi) is 6.08. The Labute approximate surface area is 245 Å². The lowest BCUT2D eigenvalue weighted by Crippen LogP contribution is -2.37. The molecule has 0 atom stereocenters. The smallest absolute Gasteiger partial charge is 0.101 e. The van der Waals surface area contributed by atoms with Gasteiger partial charge in [-0.2, -0.15) is 10.5 Å². The number of para-hydroxylation sites is 3. The fourth-order valence-electron chi connectivity index (χ4n) is 6.37. The number of nitrogens with zero attached hydrogens (tertiary/aromatic N) is 4. The molecule has 0 bridgehead atoms. The third kappa shape index (κ3) is 3.71. The number of hydrogen-bond donors (Lipinski definition) is 0. The molecule has 1 aliphatic rings. The number of aromatic nitrogens is 1. The van der Waals surface area contributed by atoms with Gasteiger partial charge in [-0.25, -0.2) is 0 Å². The number of hydrogen-bond acceptors (Lipinski definition) is 4. The quantitative estimate of drug-likeness (QED) is 0.226. The Morgan fingerprint density at radius 2 is 1.05 bits per heavy atom. The summed E-state index contributed by atoms with van der Waals surface area (Å²) in [6, 6.07) is 52.5. The van der Waals surface area contributed by atoms with Gasteiger partial charge >= 0.3 is 0 Å². The lowest BCUT2D eigenvalue weighted by molar-refractivity contribution is 0.731. The van der Waals surface area contributed by atoms with E-state index in [9.17, 15) is 10.5 Å². The van der Waals surface area contributed by atoms with Gasteiger partial charge in [0.1, 0.15) is 12.1 Å². The molecule has 5 aromatic carbocycles. The van der Waals surface area contributed by atoms with E-state index in [0.717, 1.165) is 33.8 Å². The molecule has 42 heavy (non-hydrogen) atoms. The predicted octanol–water partition coefficient (Wildman–Crippen LogP) is 8.66. The molecule has 0 N–H and O–H groups in total. The first kappa shape index (κ1) is 25.0. The van der Waals surface area contributed by atoms with Crippen LogP contribution in [0.4, 0.5) is 17.1 Å². The molecule has 0 amide bonds. The van der Waals surface area contributed by atoms with Crippen molar-refractivity contribution in [1.29, 1.82) is 10.5 Å². The van der Waals surface area contributed by atoms with E-state index in [1.54, 1.807) is 6.07 Å². The Hall–Kier alpha value is -5.97. The SMILES string of the molecule is N#Cc1cnc(-c2ccccc2N2c3ccccc3C(c3ccccc3)(c3ccccc3)c3ccccc32)c(C#N)c1. The summed E-state index contributed by atoms with van der Waals surface area (Å²) in [7, 11) is 0. The second-order valence-corrected chi connectivity index (χ2v) is 10.2. The highest BCUT2D eigenvalue weighted by Gasteiger charge is 2.46. The van der Waals surface area contributed by atoms with Crippen molar-refractivity contribution in [3.8, 4) is 23.4 Å². The van der Waals surface area contributed by atoms with Crippen LogP contribution in [0.3, 0.4) is 0 Å². The van der Waals surface area contributed by atoms with Gasteiger partial charge in [-0.1, -0.05) is 115 Å². The van der Waals surface area contributed by atoms with Crippen molar-refractivity contribution in [2.24, 2.45) is 0 Å². The average Bonchev–Trinajstić information content (AvgIpc) is 3.07. The fraction of sp³-hybridized carbons (Fsp3) is 0.0263. The zero-order valence-electron chi connectivity index (χ0n) is 22.6. The second kappa shape index (κ2) is 10.2. The van der Waals surface area contributed by atoms with Crippen LogP contribution in [0.15, 0.2) is 146 Å². The molecule has 0 saturated carbocycles. The van der Waals surface area contributed by atoms with Crippen LogP contribution in [-0.2, 0) is 5.41 Å². The zero-order chi connectivity index (χ0) is 28.5. The minimum absolute atomic E-state index is 0.358. The maximum absolute atomic E-state index is 10.0. The fourth-order valence-corrected chi connectivity index (χ4v) is 6.37. The number of rotatable bonds is 4. The van der Waals surface area contributed by atoms with Crippen LogP contribution in [0.1, 0.15) is 33.4 Å². The number of pyridine rings is 1. The largest absolute Gasteiger partial charge is 0.309 e. The van der Waals surface area contributed by atoms with Crippen LogP contribution in [0.5, 0.6) is 0 Å². The van der Waals surface area contributed by atoms with Crippen molar-refractivity contribution in [1.82, 2.24) is 4.98 Å². The molecule has 4 heteroatoms. The summed E-state index contributed by atoms with van der Waals surface area (Å²) in [5.41, 5.74) is 9.20. The topological polar surface area (TPSA) is 63.7 Å². The van der Waals surface area contributed by atoms with Gasteiger partial charge in [-0.15, -0.1) is 0 Å². The van der Waals surface area contributed by atoms with E-state index in [4.69, 9.17) is 0 Å². The number of anilines is 3. The van der Waals surface area contributed by atoms with E-state index in [0.29, 0.717) is 16.8 Å². The summed E-state index contributed by atoms with van der Waals surface area (Å²) in [4.78, 5) is 6.89. The van der Waals surface area contributed by atoms with Crippen molar-refractivity contribution in [2.75, 3.05) is 4.90 Å². The number of fused-ring (bicyclic) bond motifs is 2. The van der Waals surface area contributed by atoms with Crippen LogP contribution in [0.25, 0.3) is 11.3 Å². The molecule has 0 aliphatic carbocycles. The summed E-state index contributed by atoms with van der Waals surface area (Å²) >= 11 is 0. The normalized spacial score (nSPS) is 12.9. The summed E-state index contributed by atoms with van der Waals surface area (Å²) in [6.45, 7) is 0. The second-order valence-electron chi connectivity index (χ2n) is 10.2. The maximum atomic E-state index is 10.0. The van der Waals surface area contributed by atoms with Gasteiger partial charge in [0, 0.05) is 11.8 Å². The summed E-state index contributed by atoms with van der Waals surface area (Å²) in [5.74, 6) is 0. The van der Waals surface area contributed by atoms with Crippen molar-refractivity contribution in [3.63, 3.8) is 0 Å². The van der Waals surface area contributed by atoms with E-state index in [1.165, 1.54) is 17.3 Å². The number of benzene rings is 5. The highest BCUT2D eigenvalue weighted by atomic mass is 15.2. The molecule has 2 heterocycles. The van der Waals surface area contributed by atoms with E-state index in [-0.39, 0.29) is 0 Å². The van der Waals surface area contributed by atoms with Crippen molar-refractivity contribution < 1.29 is 0 Å².